The first kappa shape index (κ1) is 10.4. The predicted molar refractivity (Wildman–Crippen MR) is 56.2 cm³/mol. The van der Waals surface area contributed by atoms with Gasteiger partial charge in [0.15, 0.2) is 0 Å². The van der Waals surface area contributed by atoms with Gasteiger partial charge in [0.2, 0.25) is 0 Å². The minimum absolute atomic E-state index is 0.150. The molecule has 14 heavy (non-hydrogen) atoms. The van der Waals surface area contributed by atoms with Crippen LogP contribution >= 0.6 is 0 Å². The first-order chi connectivity index (χ1) is 6.86. The van der Waals surface area contributed by atoms with E-state index in [0.717, 1.165) is 31.8 Å². The second-order valence-electron chi connectivity index (χ2n) is 4.86. The molecule has 1 aliphatic heterocycles. The second-order valence-corrected chi connectivity index (χ2v) is 4.86. The lowest BCUT2D eigenvalue weighted by molar-refractivity contribution is -0.0155. The van der Waals surface area contributed by atoms with Crippen molar-refractivity contribution < 1.29 is 9.84 Å². The van der Waals surface area contributed by atoms with Crippen LogP contribution < -0.4 is 0 Å². The summed E-state index contributed by atoms with van der Waals surface area (Å²) >= 11 is 0. The average Bonchev–Trinajstić information content (AvgIpc) is 2.72. The summed E-state index contributed by atoms with van der Waals surface area (Å²) in [6.07, 6.45) is 9.90. The van der Waals surface area contributed by atoms with Crippen LogP contribution in [-0.2, 0) is 4.74 Å². The van der Waals surface area contributed by atoms with Crippen LogP contribution in [0, 0.1) is 5.92 Å². The standard InChI is InChI=1S/C12H22O2/c13-11(12-7-4-8-14-12)9-10-5-2-1-3-6-10/h10-13H,1-9H2. The third-order valence-corrected chi connectivity index (χ3v) is 3.69. The molecule has 2 atom stereocenters. The average molecular weight is 198 g/mol. The summed E-state index contributed by atoms with van der Waals surface area (Å²) in [5, 5.41) is 9.98. The molecule has 1 saturated heterocycles. The molecule has 0 spiro atoms. The van der Waals surface area contributed by atoms with Gasteiger partial charge < -0.3 is 9.84 Å². The first-order valence-electron chi connectivity index (χ1n) is 6.16. The monoisotopic (exact) mass is 198 g/mol. The summed E-state index contributed by atoms with van der Waals surface area (Å²) in [6, 6.07) is 0. The lowest BCUT2D eigenvalue weighted by atomic mass is 9.84. The molecule has 1 saturated carbocycles. The Hall–Kier alpha value is -0.0800. The van der Waals surface area contributed by atoms with E-state index in [-0.39, 0.29) is 12.2 Å². The van der Waals surface area contributed by atoms with Gasteiger partial charge in [0.05, 0.1) is 12.2 Å². The van der Waals surface area contributed by atoms with Crippen molar-refractivity contribution in [3.8, 4) is 0 Å². The Kier molecular flexibility index (Phi) is 3.82. The van der Waals surface area contributed by atoms with Gasteiger partial charge in [-0.15, -0.1) is 0 Å². The number of aliphatic hydroxyl groups is 1. The van der Waals surface area contributed by atoms with Gasteiger partial charge in [0, 0.05) is 6.61 Å². The van der Waals surface area contributed by atoms with E-state index in [9.17, 15) is 5.11 Å². The predicted octanol–water partition coefficient (Wildman–Crippen LogP) is 2.50. The van der Waals surface area contributed by atoms with Crippen LogP contribution in [0.4, 0.5) is 0 Å². The Morgan fingerprint density at radius 2 is 1.86 bits per heavy atom. The van der Waals surface area contributed by atoms with Gasteiger partial charge in [-0.25, -0.2) is 0 Å². The quantitative estimate of drug-likeness (QED) is 0.755. The molecule has 0 aromatic rings. The number of hydrogen-bond acceptors (Lipinski definition) is 2. The van der Waals surface area contributed by atoms with E-state index in [0.29, 0.717) is 0 Å². The van der Waals surface area contributed by atoms with Crippen LogP contribution in [-0.4, -0.2) is 23.9 Å². The van der Waals surface area contributed by atoms with Crippen LogP contribution in [0.2, 0.25) is 0 Å². The normalized spacial score (nSPS) is 31.9. The molecule has 2 rings (SSSR count). The third kappa shape index (κ3) is 2.71. The molecular weight excluding hydrogens is 176 g/mol. The van der Waals surface area contributed by atoms with Crippen molar-refractivity contribution in [1.29, 1.82) is 0 Å². The fourth-order valence-corrected chi connectivity index (χ4v) is 2.82. The summed E-state index contributed by atoms with van der Waals surface area (Å²) in [5.74, 6) is 0.767. The lowest BCUT2D eigenvalue weighted by Crippen LogP contribution is -2.28. The van der Waals surface area contributed by atoms with E-state index >= 15 is 0 Å². The zero-order chi connectivity index (χ0) is 9.80. The summed E-state index contributed by atoms with van der Waals surface area (Å²) in [7, 11) is 0. The smallest absolute Gasteiger partial charge is 0.0834 e. The Morgan fingerprint density at radius 3 is 2.50 bits per heavy atom. The van der Waals surface area contributed by atoms with Gasteiger partial charge in [-0.3, -0.25) is 0 Å². The van der Waals surface area contributed by atoms with Crippen molar-refractivity contribution in [2.24, 2.45) is 5.92 Å². The zero-order valence-corrected chi connectivity index (χ0v) is 8.95. The summed E-state index contributed by atoms with van der Waals surface area (Å²) in [6.45, 7) is 0.854. The van der Waals surface area contributed by atoms with Crippen molar-refractivity contribution in [3.63, 3.8) is 0 Å². The summed E-state index contributed by atoms with van der Waals surface area (Å²) in [5.41, 5.74) is 0. The molecule has 82 valence electrons. The van der Waals surface area contributed by atoms with Crippen LogP contribution in [0.25, 0.3) is 0 Å². The van der Waals surface area contributed by atoms with E-state index in [1.807, 2.05) is 0 Å². The van der Waals surface area contributed by atoms with Gasteiger partial charge >= 0.3 is 0 Å². The Morgan fingerprint density at radius 1 is 1.07 bits per heavy atom. The molecule has 2 unspecified atom stereocenters. The topological polar surface area (TPSA) is 29.5 Å². The van der Waals surface area contributed by atoms with Gasteiger partial charge in [-0.2, -0.15) is 0 Å². The Labute approximate surface area is 86.6 Å². The number of rotatable bonds is 3. The highest BCUT2D eigenvalue weighted by atomic mass is 16.5. The summed E-state index contributed by atoms with van der Waals surface area (Å²) < 4.78 is 5.51. The maximum atomic E-state index is 9.98. The maximum Gasteiger partial charge on any atom is 0.0834 e. The van der Waals surface area contributed by atoms with E-state index in [2.05, 4.69) is 0 Å². The largest absolute Gasteiger partial charge is 0.390 e. The lowest BCUT2D eigenvalue weighted by Gasteiger charge is -2.26. The van der Waals surface area contributed by atoms with Crippen LogP contribution in [0.15, 0.2) is 0 Å². The molecule has 0 aromatic carbocycles. The maximum absolute atomic E-state index is 9.98. The molecule has 0 radical (unpaired) electrons. The van der Waals surface area contributed by atoms with Gasteiger partial charge in [-0.1, -0.05) is 32.1 Å². The highest BCUT2D eigenvalue weighted by Crippen LogP contribution is 2.29. The van der Waals surface area contributed by atoms with Crippen LogP contribution in [0.5, 0.6) is 0 Å². The highest BCUT2D eigenvalue weighted by Gasteiger charge is 2.27. The van der Waals surface area contributed by atoms with Crippen LogP contribution in [0.3, 0.4) is 0 Å². The molecule has 0 amide bonds. The minimum Gasteiger partial charge on any atom is -0.390 e. The van der Waals surface area contributed by atoms with Crippen molar-refractivity contribution in [1.82, 2.24) is 0 Å². The molecule has 1 aliphatic carbocycles. The van der Waals surface area contributed by atoms with Crippen molar-refractivity contribution in [2.45, 2.75) is 63.6 Å². The van der Waals surface area contributed by atoms with E-state index in [1.165, 1.54) is 32.1 Å². The molecule has 0 aromatic heterocycles. The van der Waals surface area contributed by atoms with Gasteiger partial charge in [-0.05, 0) is 25.2 Å². The molecule has 1 N–H and O–H groups in total. The van der Waals surface area contributed by atoms with Crippen molar-refractivity contribution >= 4 is 0 Å². The second kappa shape index (κ2) is 5.13. The fraction of sp³-hybridized carbons (Fsp3) is 1.00. The zero-order valence-electron chi connectivity index (χ0n) is 8.95. The number of aliphatic hydroxyl groups excluding tert-OH is 1. The Balaban J connectivity index is 1.72. The molecule has 2 nitrogen and oxygen atoms in total. The fourth-order valence-electron chi connectivity index (χ4n) is 2.82. The molecule has 2 aliphatic rings. The van der Waals surface area contributed by atoms with E-state index in [1.54, 1.807) is 0 Å². The molecule has 0 bridgehead atoms. The molecule has 2 heteroatoms. The molecule has 2 fully saturated rings. The van der Waals surface area contributed by atoms with Crippen molar-refractivity contribution in [3.05, 3.63) is 0 Å². The van der Waals surface area contributed by atoms with E-state index in [4.69, 9.17) is 4.74 Å². The van der Waals surface area contributed by atoms with Crippen LogP contribution in [0.1, 0.15) is 51.4 Å². The van der Waals surface area contributed by atoms with Gasteiger partial charge in [0.25, 0.3) is 0 Å². The van der Waals surface area contributed by atoms with Crippen molar-refractivity contribution in [2.75, 3.05) is 6.61 Å². The SMILES string of the molecule is OC(CC1CCCCC1)C1CCCO1. The first-order valence-corrected chi connectivity index (χ1v) is 6.16. The molecule has 1 heterocycles. The highest BCUT2D eigenvalue weighted by molar-refractivity contribution is 4.77. The summed E-state index contributed by atoms with van der Waals surface area (Å²) in [4.78, 5) is 0. The molecular formula is C12H22O2. The minimum atomic E-state index is -0.194. The van der Waals surface area contributed by atoms with E-state index < -0.39 is 0 Å². The van der Waals surface area contributed by atoms with Gasteiger partial charge in [0.1, 0.15) is 0 Å². The third-order valence-electron chi connectivity index (χ3n) is 3.69. The number of ether oxygens (including phenoxy) is 1. The number of hydrogen-bond donors (Lipinski definition) is 1. The Bertz CT molecular complexity index is 158.